The summed E-state index contributed by atoms with van der Waals surface area (Å²) < 4.78 is 5.25. The molecule has 0 aromatic carbocycles. The second kappa shape index (κ2) is 12.0. The minimum atomic E-state index is -1.08. The van der Waals surface area contributed by atoms with E-state index in [4.69, 9.17) is 9.84 Å². The lowest BCUT2D eigenvalue weighted by atomic mass is 10.0. The molecule has 0 radical (unpaired) electrons. The van der Waals surface area contributed by atoms with E-state index in [1.807, 2.05) is 12.2 Å². The molecule has 28 heavy (non-hydrogen) atoms. The normalized spacial score (nSPS) is 15.9. The van der Waals surface area contributed by atoms with Gasteiger partial charge >= 0.3 is 12.1 Å². The standard InChI is InChI=1S/C18H24N2O5.C3H8/c1-3-16(21)14(10-17(22)23)19-12(2)11-25-18(24)20-9-8-13-6-4-5-7-15(13)20;1-3-2/h5,7,14,19H,2-4,6,8-11H2,1H3,(H,22,23);3H2,1-2H3. The van der Waals surface area contributed by atoms with Gasteiger partial charge in [0.05, 0.1) is 12.5 Å². The van der Waals surface area contributed by atoms with Crippen LogP contribution in [0.5, 0.6) is 0 Å². The number of Topliss-reactive ketones (excluding diaryl/α,β-unsaturated/α-hetero) is 1. The van der Waals surface area contributed by atoms with Gasteiger partial charge in [-0.25, -0.2) is 4.79 Å². The Balaban J connectivity index is 0.00000122. The molecule has 1 amide bonds. The SMILES string of the molecule is C=C(COC(=O)N1CCC2=C1C=CCC2)NC(CC(=O)O)C(=O)CC.CCC. The van der Waals surface area contributed by atoms with Gasteiger partial charge in [0.1, 0.15) is 6.61 Å². The Labute approximate surface area is 167 Å². The summed E-state index contributed by atoms with van der Waals surface area (Å²) in [6.07, 6.45) is 7.48. The number of ketones is 1. The molecule has 2 rings (SSSR count). The topological polar surface area (TPSA) is 95.9 Å². The number of nitrogens with zero attached hydrogens (tertiary/aromatic N) is 1. The molecule has 1 atom stereocenters. The Morgan fingerprint density at radius 3 is 2.57 bits per heavy atom. The Hall–Kier alpha value is -2.57. The van der Waals surface area contributed by atoms with Crippen LogP contribution in [0.25, 0.3) is 0 Å². The van der Waals surface area contributed by atoms with Crippen molar-refractivity contribution >= 4 is 17.8 Å². The highest BCUT2D eigenvalue weighted by Crippen LogP contribution is 2.31. The zero-order chi connectivity index (χ0) is 21.1. The van der Waals surface area contributed by atoms with Crippen molar-refractivity contribution in [2.24, 2.45) is 0 Å². The number of allylic oxidation sites excluding steroid dienone is 2. The molecule has 1 aliphatic heterocycles. The lowest BCUT2D eigenvalue weighted by Gasteiger charge is -2.21. The second-order valence-corrected chi connectivity index (χ2v) is 6.81. The molecule has 1 unspecified atom stereocenters. The minimum absolute atomic E-state index is 0.116. The van der Waals surface area contributed by atoms with Gasteiger partial charge in [0.15, 0.2) is 5.78 Å². The van der Waals surface area contributed by atoms with E-state index in [-0.39, 0.29) is 25.2 Å². The van der Waals surface area contributed by atoms with Crippen LogP contribution in [0.4, 0.5) is 4.79 Å². The van der Waals surface area contributed by atoms with Gasteiger partial charge in [-0.1, -0.05) is 39.8 Å². The number of rotatable bonds is 8. The molecule has 0 aromatic rings. The van der Waals surface area contributed by atoms with Crippen LogP contribution in [0.15, 0.2) is 35.7 Å². The summed E-state index contributed by atoms with van der Waals surface area (Å²) >= 11 is 0. The first-order valence-corrected chi connectivity index (χ1v) is 9.85. The molecule has 1 heterocycles. The van der Waals surface area contributed by atoms with E-state index < -0.39 is 18.1 Å². The number of carboxylic acids is 1. The number of ether oxygens (including phenoxy) is 1. The summed E-state index contributed by atoms with van der Waals surface area (Å²) in [6, 6.07) is -0.865. The van der Waals surface area contributed by atoms with Crippen molar-refractivity contribution in [1.82, 2.24) is 10.2 Å². The summed E-state index contributed by atoms with van der Waals surface area (Å²) in [6.45, 7) is 10.1. The molecular weight excluding hydrogens is 360 g/mol. The van der Waals surface area contributed by atoms with Crippen LogP contribution < -0.4 is 5.32 Å². The van der Waals surface area contributed by atoms with E-state index in [1.54, 1.807) is 11.8 Å². The maximum absolute atomic E-state index is 12.3. The first-order valence-electron chi connectivity index (χ1n) is 9.85. The van der Waals surface area contributed by atoms with Gasteiger partial charge in [-0.2, -0.15) is 0 Å². The van der Waals surface area contributed by atoms with Crippen molar-refractivity contribution in [2.45, 2.75) is 65.3 Å². The summed E-state index contributed by atoms with van der Waals surface area (Å²) in [5, 5.41) is 11.6. The third-order valence-corrected chi connectivity index (χ3v) is 4.26. The molecular formula is C21H32N2O5. The Morgan fingerprint density at radius 2 is 1.96 bits per heavy atom. The molecule has 0 saturated heterocycles. The number of carbonyl (C=O) groups excluding carboxylic acids is 2. The first kappa shape index (κ1) is 23.5. The Bertz CT molecular complexity index is 651. The quantitative estimate of drug-likeness (QED) is 0.653. The van der Waals surface area contributed by atoms with Crippen LogP contribution in [0.3, 0.4) is 0 Å². The lowest BCUT2D eigenvalue weighted by Crippen LogP contribution is -2.39. The molecule has 7 nitrogen and oxygen atoms in total. The van der Waals surface area contributed by atoms with E-state index in [1.165, 1.54) is 12.0 Å². The molecule has 0 saturated carbocycles. The average Bonchev–Trinajstić information content (AvgIpc) is 3.09. The molecule has 2 aliphatic rings. The maximum atomic E-state index is 12.3. The van der Waals surface area contributed by atoms with E-state index in [0.717, 1.165) is 25.0 Å². The smallest absolute Gasteiger partial charge is 0.414 e. The van der Waals surface area contributed by atoms with Crippen molar-refractivity contribution in [3.05, 3.63) is 35.7 Å². The predicted octanol–water partition coefficient (Wildman–Crippen LogP) is 3.77. The Kier molecular flexibility index (Phi) is 10.1. The number of amides is 1. The highest BCUT2D eigenvalue weighted by molar-refractivity contribution is 5.87. The summed E-state index contributed by atoms with van der Waals surface area (Å²) in [4.78, 5) is 36.5. The van der Waals surface area contributed by atoms with E-state index in [2.05, 4.69) is 25.7 Å². The largest absolute Gasteiger partial charge is 0.481 e. The third kappa shape index (κ3) is 7.21. The number of aliphatic carboxylic acids is 1. The van der Waals surface area contributed by atoms with E-state index >= 15 is 0 Å². The first-order chi connectivity index (χ1) is 13.3. The van der Waals surface area contributed by atoms with Crippen LogP contribution >= 0.6 is 0 Å². The molecule has 156 valence electrons. The van der Waals surface area contributed by atoms with Crippen LogP contribution in [0, 0.1) is 0 Å². The Morgan fingerprint density at radius 1 is 1.29 bits per heavy atom. The average molecular weight is 392 g/mol. The van der Waals surface area contributed by atoms with Gasteiger partial charge in [0.25, 0.3) is 0 Å². The second-order valence-electron chi connectivity index (χ2n) is 6.81. The zero-order valence-corrected chi connectivity index (χ0v) is 17.1. The zero-order valence-electron chi connectivity index (χ0n) is 17.1. The fourth-order valence-corrected chi connectivity index (χ4v) is 2.97. The minimum Gasteiger partial charge on any atom is -0.481 e. The highest BCUT2D eigenvalue weighted by atomic mass is 16.6. The summed E-state index contributed by atoms with van der Waals surface area (Å²) in [5.74, 6) is -1.30. The van der Waals surface area contributed by atoms with Gasteiger partial charge in [-0.15, -0.1) is 0 Å². The molecule has 2 N–H and O–H groups in total. The van der Waals surface area contributed by atoms with Crippen LogP contribution in [-0.4, -0.2) is 47.0 Å². The van der Waals surface area contributed by atoms with Gasteiger partial charge in [0, 0.05) is 24.4 Å². The van der Waals surface area contributed by atoms with Crippen molar-refractivity contribution < 1.29 is 24.2 Å². The number of carboxylic acid groups (broad SMARTS) is 1. The number of hydrogen-bond acceptors (Lipinski definition) is 5. The predicted molar refractivity (Wildman–Crippen MR) is 108 cm³/mol. The van der Waals surface area contributed by atoms with Crippen LogP contribution in [-0.2, 0) is 14.3 Å². The van der Waals surface area contributed by atoms with E-state index in [9.17, 15) is 14.4 Å². The maximum Gasteiger partial charge on any atom is 0.414 e. The molecule has 0 aromatic heterocycles. The number of hydrogen-bond donors (Lipinski definition) is 2. The lowest BCUT2D eigenvalue weighted by molar-refractivity contribution is -0.139. The van der Waals surface area contributed by atoms with Crippen LogP contribution in [0.2, 0.25) is 0 Å². The number of nitrogens with one attached hydrogen (secondary N) is 1. The van der Waals surface area contributed by atoms with E-state index in [0.29, 0.717) is 12.2 Å². The fraction of sp³-hybridized carbons (Fsp3) is 0.571. The fourth-order valence-electron chi connectivity index (χ4n) is 2.97. The molecule has 7 heteroatoms. The monoisotopic (exact) mass is 392 g/mol. The molecule has 0 fully saturated rings. The van der Waals surface area contributed by atoms with Gasteiger partial charge in [-0.05, 0) is 30.9 Å². The van der Waals surface area contributed by atoms with Crippen molar-refractivity contribution in [3.63, 3.8) is 0 Å². The molecule has 0 bridgehead atoms. The van der Waals surface area contributed by atoms with Gasteiger partial charge in [-0.3, -0.25) is 14.5 Å². The molecule has 1 aliphatic carbocycles. The van der Waals surface area contributed by atoms with Gasteiger partial charge < -0.3 is 15.2 Å². The third-order valence-electron chi connectivity index (χ3n) is 4.26. The summed E-state index contributed by atoms with van der Waals surface area (Å²) in [5.41, 5.74) is 2.49. The number of carbonyl (C=O) groups is 3. The van der Waals surface area contributed by atoms with Gasteiger partial charge in [0.2, 0.25) is 0 Å². The van der Waals surface area contributed by atoms with Crippen molar-refractivity contribution in [1.29, 1.82) is 0 Å². The molecule has 0 spiro atoms. The highest BCUT2D eigenvalue weighted by Gasteiger charge is 2.28. The van der Waals surface area contributed by atoms with Crippen molar-refractivity contribution in [2.75, 3.05) is 13.2 Å². The van der Waals surface area contributed by atoms with Crippen LogP contribution in [0.1, 0.15) is 59.3 Å². The van der Waals surface area contributed by atoms with Crippen molar-refractivity contribution in [3.8, 4) is 0 Å². The summed E-state index contributed by atoms with van der Waals surface area (Å²) in [7, 11) is 0.